The normalized spacial score (nSPS) is 11.9. The van der Waals surface area contributed by atoms with Crippen LogP contribution in [0, 0.1) is 0 Å². The van der Waals surface area contributed by atoms with Gasteiger partial charge in [0.05, 0.1) is 0 Å². The van der Waals surface area contributed by atoms with Crippen LogP contribution in [0.2, 0.25) is 5.02 Å². The lowest BCUT2D eigenvalue weighted by Crippen LogP contribution is -2.11. The first-order chi connectivity index (χ1) is 8.69. The van der Waals surface area contributed by atoms with Gasteiger partial charge >= 0.3 is 0 Å². The zero-order chi connectivity index (χ0) is 13.0. The third-order valence-electron chi connectivity index (χ3n) is 2.63. The first-order valence-corrected chi connectivity index (χ1v) is 6.02. The van der Waals surface area contributed by atoms with Gasteiger partial charge in [-0.2, -0.15) is 0 Å². The first-order valence-electron chi connectivity index (χ1n) is 5.64. The Morgan fingerprint density at radius 3 is 2.44 bits per heavy atom. The Kier molecular flexibility index (Phi) is 4.02. The van der Waals surface area contributed by atoms with E-state index in [1.165, 1.54) is 0 Å². The number of hydrogen-bond acceptors (Lipinski definition) is 4. The fraction of sp³-hybridized carbons (Fsp3) is 0.154. The van der Waals surface area contributed by atoms with Crippen molar-refractivity contribution < 1.29 is 0 Å². The molecule has 0 aliphatic heterocycles. The summed E-state index contributed by atoms with van der Waals surface area (Å²) in [6, 6.07) is 13.5. The zero-order valence-electron chi connectivity index (χ0n) is 10.0. The van der Waals surface area contributed by atoms with Crippen molar-refractivity contribution >= 4 is 23.2 Å². The molecule has 0 radical (unpaired) electrons. The third kappa shape index (κ3) is 3.12. The van der Waals surface area contributed by atoms with Gasteiger partial charge in [-0.05, 0) is 36.8 Å². The van der Waals surface area contributed by atoms with Crippen LogP contribution in [-0.4, -0.2) is 4.98 Å². The van der Waals surface area contributed by atoms with Crippen molar-refractivity contribution in [2.45, 2.75) is 13.0 Å². The number of nitrogens with zero attached hydrogens (tertiary/aromatic N) is 1. The monoisotopic (exact) mass is 262 g/mol. The number of hydrazine groups is 1. The topological polar surface area (TPSA) is 63.0 Å². The summed E-state index contributed by atoms with van der Waals surface area (Å²) in [6.45, 7) is 2.06. The lowest BCUT2D eigenvalue weighted by molar-refractivity contribution is 0.875. The molecule has 0 saturated carbocycles. The van der Waals surface area contributed by atoms with Crippen molar-refractivity contribution in [1.29, 1.82) is 0 Å². The van der Waals surface area contributed by atoms with Crippen LogP contribution in [-0.2, 0) is 0 Å². The first kappa shape index (κ1) is 12.7. The van der Waals surface area contributed by atoms with E-state index in [-0.39, 0.29) is 6.04 Å². The van der Waals surface area contributed by atoms with Gasteiger partial charge in [0, 0.05) is 11.1 Å². The Labute approximate surface area is 111 Å². The molecule has 0 fully saturated rings. The molecule has 2 rings (SSSR count). The Morgan fingerprint density at radius 2 is 1.78 bits per heavy atom. The highest BCUT2D eigenvalue weighted by atomic mass is 35.5. The summed E-state index contributed by atoms with van der Waals surface area (Å²) in [5.74, 6) is 6.72. The van der Waals surface area contributed by atoms with Gasteiger partial charge in [0.15, 0.2) is 0 Å². The summed E-state index contributed by atoms with van der Waals surface area (Å²) in [5, 5.41) is 4.04. The Balaban J connectivity index is 2.10. The summed E-state index contributed by atoms with van der Waals surface area (Å²) in [5.41, 5.74) is 3.66. The molecule has 1 aromatic carbocycles. The van der Waals surface area contributed by atoms with Gasteiger partial charge in [0.1, 0.15) is 11.6 Å². The lowest BCUT2D eigenvalue weighted by atomic mass is 10.1. The largest absolute Gasteiger partial charge is 0.363 e. The fourth-order valence-electron chi connectivity index (χ4n) is 1.65. The highest BCUT2D eigenvalue weighted by Crippen LogP contribution is 2.20. The maximum atomic E-state index is 5.86. The molecule has 18 heavy (non-hydrogen) atoms. The second kappa shape index (κ2) is 5.71. The van der Waals surface area contributed by atoms with Crippen molar-refractivity contribution in [3.8, 4) is 0 Å². The van der Waals surface area contributed by atoms with Crippen molar-refractivity contribution in [3.05, 3.63) is 53.1 Å². The molecule has 94 valence electrons. The van der Waals surface area contributed by atoms with Gasteiger partial charge in [0.25, 0.3) is 0 Å². The predicted octanol–water partition coefficient (Wildman–Crippen LogP) is 3.19. The van der Waals surface area contributed by atoms with Crippen LogP contribution in [0.3, 0.4) is 0 Å². The van der Waals surface area contributed by atoms with E-state index in [2.05, 4.69) is 22.7 Å². The van der Waals surface area contributed by atoms with Gasteiger partial charge in [-0.3, -0.25) is 0 Å². The molecule has 1 aromatic heterocycles. The molecule has 0 bridgehead atoms. The van der Waals surface area contributed by atoms with Crippen LogP contribution in [0.25, 0.3) is 0 Å². The van der Waals surface area contributed by atoms with Gasteiger partial charge in [-0.15, -0.1) is 0 Å². The van der Waals surface area contributed by atoms with Crippen molar-refractivity contribution in [2.75, 3.05) is 10.7 Å². The number of anilines is 2. The number of nitrogens with one attached hydrogen (secondary N) is 2. The molecule has 1 heterocycles. The van der Waals surface area contributed by atoms with Crippen LogP contribution < -0.4 is 16.6 Å². The average Bonchev–Trinajstić information content (AvgIpc) is 2.39. The molecule has 2 aromatic rings. The van der Waals surface area contributed by atoms with E-state index in [1.807, 2.05) is 36.4 Å². The van der Waals surface area contributed by atoms with Gasteiger partial charge < -0.3 is 10.7 Å². The molecule has 4 nitrogen and oxygen atoms in total. The van der Waals surface area contributed by atoms with Crippen LogP contribution in [0.15, 0.2) is 42.5 Å². The summed E-state index contributed by atoms with van der Waals surface area (Å²) in [7, 11) is 0. The molecular formula is C13H15ClN4. The van der Waals surface area contributed by atoms with E-state index >= 15 is 0 Å². The second-order valence-electron chi connectivity index (χ2n) is 3.97. The van der Waals surface area contributed by atoms with Crippen molar-refractivity contribution in [1.82, 2.24) is 4.98 Å². The molecule has 5 heteroatoms. The van der Waals surface area contributed by atoms with E-state index < -0.39 is 0 Å². The van der Waals surface area contributed by atoms with Crippen LogP contribution in [0.1, 0.15) is 18.5 Å². The molecule has 0 aliphatic carbocycles. The Morgan fingerprint density at radius 1 is 1.11 bits per heavy atom. The Hall–Kier alpha value is -1.78. The summed E-state index contributed by atoms with van der Waals surface area (Å²) in [4.78, 5) is 4.30. The molecule has 0 saturated heterocycles. The number of nitrogen functional groups attached to an aromatic ring is 1. The number of pyridine rings is 1. The standard InChI is InChI=1S/C13H15ClN4/c1-9(10-5-7-11(14)8-6-10)16-12-3-2-4-13(17-12)18-15/h2-9H,15H2,1H3,(H2,16,17,18). The molecule has 4 N–H and O–H groups in total. The lowest BCUT2D eigenvalue weighted by Gasteiger charge is -2.15. The maximum Gasteiger partial charge on any atom is 0.142 e. The fourth-order valence-corrected chi connectivity index (χ4v) is 1.78. The molecule has 0 spiro atoms. The van der Waals surface area contributed by atoms with E-state index in [0.717, 1.165) is 16.4 Å². The number of halogens is 1. The third-order valence-corrected chi connectivity index (χ3v) is 2.88. The van der Waals surface area contributed by atoms with Crippen molar-refractivity contribution in [3.63, 3.8) is 0 Å². The summed E-state index contributed by atoms with van der Waals surface area (Å²) in [6.07, 6.45) is 0. The van der Waals surface area contributed by atoms with Gasteiger partial charge in [-0.25, -0.2) is 10.8 Å². The minimum atomic E-state index is 0.141. The molecule has 1 unspecified atom stereocenters. The van der Waals surface area contributed by atoms with Crippen LogP contribution in [0.4, 0.5) is 11.6 Å². The SMILES string of the molecule is CC(Nc1cccc(NN)n1)c1ccc(Cl)cc1. The minimum absolute atomic E-state index is 0.141. The quantitative estimate of drug-likeness (QED) is 0.585. The van der Waals surface area contributed by atoms with E-state index in [0.29, 0.717) is 5.82 Å². The van der Waals surface area contributed by atoms with E-state index in [1.54, 1.807) is 6.07 Å². The smallest absolute Gasteiger partial charge is 0.142 e. The molecule has 0 aliphatic rings. The highest BCUT2D eigenvalue weighted by Gasteiger charge is 2.06. The number of rotatable bonds is 4. The number of hydrogen-bond donors (Lipinski definition) is 3. The highest BCUT2D eigenvalue weighted by molar-refractivity contribution is 6.30. The molecule has 0 amide bonds. The number of aromatic nitrogens is 1. The van der Waals surface area contributed by atoms with Crippen LogP contribution >= 0.6 is 11.6 Å². The summed E-state index contributed by atoms with van der Waals surface area (Å²) < 4.78 is 0. The molecule has 1 atom stereocenters. The van der Waals surface area contributed by atoms with E-state index in [9.17, 15) is 0 Å². The minimum Gasteiger partial charge on any atom is -0.363 e. The van der Waals surface area contributed by atoms with Crippen LogP contribution in [0.5, 0.6) is 0 Å². The maximum absolute atomic E-state index is 5.86. The summed E-state index contributed by atoms with van der Waals surface area (Å²) >= 11 is 5.86. The van der Waals surface area contributed by atoms with E-state index in [4.69, 9.17) is 17.4 Å². The van der Waals surface area contributed by atoms with Gasteiger partial charge in [-0.1, -0.05) is 29.8 Å². The Bertz CT molecular complexity index is 513. The number of benzene rings is 1. The number of nitrogens with two attached hydrogens (primary N) is 1. The van der Waals surface area contributed by atoms with Crippen molar-refractivity contribution in [2.24, 2.45) is 5.84 Å². The molecular weight excluding hydrogens is 248 g/mol. The second-order valence-corrected chi connectivity index (χ2v) is 4.41. The predicted molar refractivity (Wildman–Crippen MR) is 75.5 cm³/mol. The zero-order valence-corrected chi connectivity index (χ0v) is 10.8. The average molecular weight is 263 g/mol. The van der Waals surface area contributed by atoms with Gasteiger partial charge in [0.2, 0.25) is 0 Å².